The molecule has 0 aliphatic rings. The van der Waals surface area contributed by atoms with E-state index in [2.05, 4.69) is 30.8 Å². The fraction of sp³-hybridized carbons (Fsp3) is 0.381. The summed E-state index contributed by atoms with van der Waals surface area (Å²) in [5.74, 6) is -0.148. The Morgan fingerprint density at radius 3 is 2.32 bits per heavy atom. The van der Waals surface area contributed by atoms with Gasteiger partial charge >= 0.3 is 0 Å². The lowest BCUT2D eigenvalue weighted by Crippen LogP contribution is -2.32. The third-order valence-corrected chi connectivity index (χ3v) is 5.90. The molecular weight excluding hydrogens is 376 g/mol. The van der Waals surface area contributed by atoms with E-state index in [-0.39, 0.29) is 41.0 Å². The van der Waals surface area contributed by atoms with Gasteiger partial charge in [0.25, 0.3) is 0 Å². The maximum Gasteiger partial charge on any atom is 0.240 e. The number of hydrogen-bond acceptors (Lipinski definition) is 4. The quantitative estimate of drug-likeness (QED) is 0.660. The number of aromatic hydroxyl groups is 1. The number of hydrogen-bond donors (Lipinski definition) is 3. The number of phenolic OH excluding ortho intramolecular Hbond substituents is 1. The van der Waals surface area contributed by atoms with Crippen molar-refractivity contribution in [2.24, 2.45) is 0 Å². The van der Waals surface area contributed by atoms with Gasteiger partial charge in [-0.3, -0.25) is 4.79 Å². The summed E-state index contributed by atoms with van der Waals surface area (Å²) >= 11 is 0. The Balaban J connectivity index is 1.88. The van der Waals surface area contributed by atoms with E-state index >= 15 is 0 Å². The number of carbonyl (C=O) groups excluding carboxylic acids is 1. The predicted molar refractivity (Wildman–Crippen MR) is 110 cm³/mol. The van der Waals surface area contributed by atoms with Gasteiger partial charge in [0.05, 0.1) is 10.9 Å². The summed E-state index contributed by atoms with van der Waals surface area (Å²) in [6, 6.07) is 13.1. The first kappa shape index (κ1) is 21.9. The lowest BCUT2D eigenvalue weighted by molar-refractivity contribution is -0.121. The monoisotopic (exact) mass is 404 g/mol. The van der Waals surface area contributed by atoms with Crippen molar-refractivity contribution in [1.29, 1.82) is 0 Å². The molecule has 0 saturated heterocycles. The molecule has 1 atom stereocenters. The highest BCUT2D eigenvalue weighted by Gasteiger charge is 2.18. The highest BCUT2D eigenvalue weighted by atomic mass is 32.2. The van der Waals surface area contributed by atoms with Gasteiger partial charge in [-0.2, -0.15) is 0 Å². The molecule has 152 valence electrons. The molecule has 2 rings (SSSR count). The largest absolute Gasteiger partial charge is 0.508 e. The summed E-state index contributed by atoms with van der Waals surface area (Å²) in [4.78, 5) is 12.3. The molecule has 1 unspecified atom stereocenters. The van der Waals surface area contributed by atoms with Crippen molar-refractivity contribution >= 4 is 15.9 Å². The van der Waals surface area contributed by atoms with E-state index in [1.807, 2.05) is 0 Å². The number of nitrogens with one attached hydrogen (secondary N) is 2. The van der Waals surface area contributed by atoms with Gasteiger partial charge in [0.1, 0.15) is 5.75 Å². The van der Waals surface area contributed by atoms with Gasteiger partial charge in [-0.1, -0.05) is 45.0 Å². The first-order valence-electron chi connectivity index (χ1n) is 9.17. The fourth-order valence-electron chi connectivity index (χ4n) is 2.71. The topological polar surface area (TPSA) is 95.5 Å². The molecule has 0 saturated carbocycles. The maximum atomic E-state index is 12.4. The van der Waals surface area contributed by atoms with E-state index in [1.54, 1.807) is 55.5 Å². The number of amides is 1. The Morgan fingerprint density at radius 1 is 1.11 bits per heavy atom. The van der Waals surface area contributed by atoms with Crippen LogP contribution in [0.3, 0.4) is 0 Å². The Bertz CT molecular complexity index is 916. The molecule has 0 radical (unpaired) electrons. The lowest BCUT2D eigenvalue weighted by atomic mass is 9.87. The Labute approximate surface area is 167 Å². The Morgan fingerprint density at radius 2 is 1.75 bits per heavy atom. The van der Waals surface area contributed by atoms with Gasteiger partial charge in [-0.15, -0.1) is 0 Å². The minimum absolute atomic E-state index is 0.00193. The van der Waals surface area contributed by atoms with Crippen molar-refractivity contribution in [3.63, 3.8) is 0 Å². The number of benzene rings is 2. The molecule has 0 heterocycles. The normalized spacial score (nSPS) is 13.1. The maximum absolute atomic E-state index is 12.4. The molecule has 1 amide bonds. The summed E-state index contributed by atoms with van der Waals surface area (Å²) in [6.07, 6.45) is 0.0163. The first-order valence-corrected chi connectivity index (χ1v) is 10.7. The second-order valence-corrected chi connectivity index (χ2v) is 9.57. The van der Waals surface area contributed by atoms with Crippen molar-refractivity contribution in [2.75, 3.05) is 6.54 Å². The molecule has 7 heteroatoms. The Kier molecular flexibility index (Phi) is 6.85. The number of rotatable bonds is 7. The van der Waals surface area contributed by atoms with Crippen LogP contribution in [0.15, 0.2) is 53.4 Å². The molecule has 0 aliphatic heterocycles. The highest BCUT2D eigenvalue weighted by molar-refractivity contribution is 7.89. The summed E-state index contributed by atoms with van der Waals surface area (Å²) in [6.45, 7) is 7.98. The highest BCUT2D eigenvalue weighted by Crippen LogP contribution is 2.23. The molecule has 3 N–H and O–H groups in total. The van der Waals surface area contributed by atoms with Crippen molar-refractivity contribution in [2.45, 2.75) is 50.5 Å². The third kappa shape index (κ3) is 6.07. The SMILES string of the molecule is CC(NC(=O)CCNS(=O)(=O)c1ccc(C(C)(C)C)cc1)c1cccc(O)c1. The van der Waals surface area contributed by atoms with E-state index in [4.69, 9.17) is 0 Å². The zero-order valence-electron chi connectivity index (χ0n) is 16.7. The average molecular weight is 405 g/mol. The van der Waals surface area contributed by atoms with Crippen LogP contribution in [-0.4, -0.2) is 26.0 Å². The summed E-state index contributed by atoms with van der Waals surface area (Å²) in [7, 11) is -3.67. The van der Waals surface area contributed by atoms with Gasteiger partial charge in [0.15, 0.2) is 0 Å². The van der Waals surface area contributed by atoms with Crippen LogP contribution >= 0.6 is 0 Å². The average Bonchev–Trinajstić information content (AvgIpc) is 2.61. The summed E-state index contributed by atoms with van der Waals surface area (Å²) in [5, 5.41) is 12.3. The molecule has 2 aromatic rings. The fourth-order valence-corrected chi connectivity index (χ4v) is 3.74. The summed E-state index contributed by atoms with van der Waals surface area (Å²) < 4.78 is 27.2. The standard InChI is InChI=1S/C21H28N2O4S/c1-15(16-6-5-7-18(24)14-16)23-20(25)12-13-22-28(26,27)19-10-8-17(9-11-19)21(2,3)4/h5-11,14-15,22,24H,12-13H2,1-4H3,(H,23,25). The van der Waals surface area contributed by atoms with Crippen LogP contribution in [0.25, 0.3) is 0 Å². The van der Waals surface area contributed by atoms with Crippen LogP contribution in [0.2, 0.25) is 0 Å². The van der Waals surface area contributed by atoms with Crippen molar-refractivity contribution < 1.29 is 18.3 Å². The zero-order chi connectivity index (χ0) is 20.9. The molecule has 0 bridgehead atoms. The van der Waals surface area contributed by atoms with Crippen molar-refractivity contribution in [3.05, 3.63) is 59.7 Å². The van der Waals surface area contributed by atoms with Gasteiger partial charge in [0.2, 0.25) is 15.9 Å². The second kappa shape index (κ2) is 8.75. The zero-order valence-corrected chi connectivity index (χ0v) is 17.5. The Hall–Kier alpha value is -2.38. The van der Waals surface area contributed by atoms with E-state index in [1.165, 1.54) is 0 Å². The first-order chi connectivity index (χ1) is 13.0. The second-order valence-electron chi connectivity index (χ2n) is 7.81. The molecule has 0 aliphatic carbocycles. The van der Waals surface area contributed by atoms with Crippen LogP contribution in [0.5, 0.6) is 5.75 Å². The van der Waals surface area contributed by atoms with Gasteiger partial charge in [-0.25, -0.2) is 13.1 Å². The van der Waals surface area contributed by atoms with Crippen LogP contribution < -0.4 is 10.0 Å². The molecule has 0 spiro atoms. The molecule has 0 aromatic heterocycles. The number of phenols is 1. The van der Waals surface area contributed by atoms with E-state index in [0.29, 0.717) is 0 Å². The number of sulfonamides is 1. The van der Waals surface area contributed by atoms with Gasteiger partial charge in [-0.05, 0) is 47.7 Å². The molecule has 2 aromatic carbocycles. The molecular formula is C21H28N2O4S. The van der Waals surface area contributed by atoms with Crippen LogP contribution in [0, 0.1) is 0 Å². The summed E-state index contributed by atoms with van der Waals surface area (Å²) in [5.41, 5.74) is 1.76. The smallest absolute Gasteiger partial charge is 0.240 e. The van der Waals surface area contributed by atoms with Crippen LogP contribution in [0.1, 0.15) is 51.3 Å². The molecule has 6 nitrogen and oxygen atoms in total. The van der Waals surface area contributed by atoms with E-state index < -0.39 is 10.0 Å². The molecule has 28 heavy (non-hydrogen) atoms. The van der Waals surface area contributed by atoms with Crippen LogP contribution in [-0.2, 0) is 20.2 Å². The van der Waals surface area contributed by atoms with E-state index in [0.717, 1.165) is 11.1 Å². The van der Waals surface area contributed by atoms with Crippen molar-refractivity contribution in [1.82, 2.24) is 10.0 Å². The predicted octanol–water partition coefficient (Wildman–Crippen LogP) is 3.24. The lowest BCUT2D eigenvalue weighted by Gasteiger charge is -2.19. The minimum Gasteiger partial charge on any atom is -0.508 e. The van der Waals surface area contributed by atoms with Gasteiger partial charge in [0, 0.05) is 13.0 Å². The minimum atomic E-state index is -3.67. The van der Waals surface area contributed by atoms with E-state index in [9.17, 15) is 18.3 Å². The van der Waals surface area contributed by atoms with Crippen LogP contribution in [0.4, 0.5) is 0 Å². The van der Waals surface area contributed by atoms with Crippen molar-refractivity contribution in [3.8, 4) is 5.75 Å². The third-order valence-electron chi connectivity index (χ3n) is 4.42. The van der Waals surface area contributed by atoms with Gasteiger partial charge < -0.3 is 10.4 Å². The molecule has 0 fully saturated rings. The number of carbonyl (C=O) groups is 1.